The van der Waals surface area contributed by atoms with Gasteiger partial charge in [0.05, 0.1) is 31.6 Å². The molecule has 0 atom stereocenters. The quantitative estimate of drug-likeness (QED) is 0.520. The Labute approximate surface area is 174 Å². The van der Waals surface area contributed by atoms with Crippen LogP contribution in [0.3, 0.4) is 0 Å². The first-order chi connectivity index (χ1) is 14.6. The van der Waals surface area contributed by atoms with Crippen LogP contribution in [0.5, 0.6) is 5.75 Å². The molecule has 0 fully saturated rings. The van der Waals surface area contributed by atoms with Gasteiger partial charge in [0.25, 0.3) is 0 Å². The number of ether oxygens (including phenoxy) is 1. The predicted molar refractivity (Wildman–Crippen MR) is 116 cm³/mol. The largest absolute Gasteiger partial charge is 0.493 e. The number of hydrogen-bond donors (Lipinski definition) is 2. The number of aliphatic hydroxyl groups excluding tert-OH is 1. The molecule has 1 heterocycles. The zero-order valence-electron chi connectivity index (χ0n) is 17.0. The number of para-hydroxylation sites is 1. The standard InChI is InChI=1S/C23H26N2O5/c1-2-3-14-29-19-10-7-11-20-21(19)22(27)17(16-30-20)15-25(12-13-26)23(28)24-18-8-5-4-6-9-18/h4-11,16,26H,2-3,12-15H2,1H3,(H,24,28). The summed E-state index contributed by atoms with van der Waals surface area (Å²) >= 11 is 0. The van der Waals surface area contributed by atoms with E-state index in [1.54, 1.807) is 30.3 Å². The van der Waals surface area contributed by atoms with E-state index in [9.17, 15) is 14.7 Å². The fourth-order valence-electron chi connectivity index (χ4n) is 3.04. The van der Waals surface area contributed by atoms with Crippen molar-refractivity contribution in [1.82, 2.24) is 4.90 Å². The van der Waals surface area contributed by atoms with Crippen molar-refractivity contribution in [3.05, 3.63) is 70.6 Å². The lowest BCUT2D eigenvalue weighted by Crippen LogP contribution is -2.37. The van der Waals surface area contributed by atoms with E-state index >= 15 is 0 Å². The molecule has 2 N–H and O–H groups in total. The molecular formula is C23H26N2O5. The highest BCUT2D eigenvalue weighted by Crippen LogP contribution is 2.24. The molecule has 7 heteroatoms. The highest BCUT2D eigenvalue weighted by atomic mass is 16.5. The number of benzene rings is 2. The molecule has 0 saturated carbocycles. The summed E-state index contributed by atoms with van der Waals surface area (Å²) in [5.41, 5.74) is 1.12. The summed E-state index contributed by atoms with van der Waals surface area (Å²) in [4.78, 5) is 27.2. The smallest absolute Gasteiger partial charge is 0.322 e. The monoisotopic (exact) mass is 410 g/mol. The molecule has 0 spiro atoms. The molecule has 0 saturated heterocycles. The van der Waals surface area contributed by atoms with Crippen LogP contribution in [0.4, 0.5) is 10.5 Å². The molecule has 30 heavy (non-hydrogen) atoms. The predicted octanol–water partition coefficient (Wildman–Crippen LogP) is 4.00. The maximum atomic E-state index is 13.1. The molecule has 0 bridgehead atoms. The summed E-state index contributed by atoms with van der Waals surface area (Å²) in [7, 11) is 0. The first-order valence-corrected chi connectivity index (χ1v) is 10.0. The van der Waals surface area contributed by atoms with Crippen molar-refractivity contribution < 1.29 is 19.1 Å². The number of nitrogens with zero attached hydrogens (tertiary/aromatic N) is 1. The summed E-state index contributed by atoms with van der Waals surface area (Å²) in [6.45, 7) is 2.42. The van der Waals surface area contributed by atoms with Gasteiger partial charge in [-0.05, 0) is 30.7 Å². The number of fused-ring (bicyclic) bond motifs is 1. The molecular weight excluding hydrogens is 384 g/mol. The van der Waals surface area contributed by atoms with E-state index in [1.165, 1.54) is 11.2 Å². The Morgan fingerprint density at radius 3 is 2.70 bits per heavy atom. The van der Waals surface area contributed by atoms with Gasteiger partial charge in [0, 0.05) is 12.2 Å². The van der Waals surface area contributed by atoms with Crippen LogP contribution in [0.1, 0.15) is 25.3 Å². The first kappa shape index (κ1) is 21.4. The number of amides is 2. The maximum absolute atomic E-state index is 13.1. The summed E-state index contributed by atoms with van der Waals surface area (Å²) in [6.07, 6.45) is 3.23. The van der Waals surface area contributed by atoms with Gasteiger partial charge in [-0.1, -0.05) is 37.6 Å². The minimum atomic E-state index is -0.415. The van der Waals surface area contributed by atoms with Crippen LogP contribution in [0.15, 0.2) is 64.0 Å². The number of unbranched alkanes of at least 4 members (excludes halogenated alkanes) is 1. The van der Waals surface area contributed by atoms with Gasteiger partial charge in [-0.25, -0.2) is 4.79 Å². The first-order valence-electron chi connectivity index (χ1n) is 10.0. The second-order valence-electron chi connectivity index (χ2n) is 6.86. The minimum absolute atomic E-state index is 0.000788. The fraction of sp³-hybridized carbons (Fsp3) is 0.304. The van der Waals surface area contributed by atoms with Crippen molar-refractivity contribution in [2.75, 3.05) is 25.1 Å². The number of carbonyl (C=O) groups excluding carboxylic acids is 1. The Balaban J connectivity index is 1.86. The zero-order chi connectivity index (χ0) is 21.3. The number of nitrogens with one attached hydrogen (secondary N) is 1. The summed E-state index contributed by atoms with van der Waals surface area (Å²) < 4.78 is 11.4. The molecule has 2 amide bonds. The molecule has 7 nitrogen and oxygen atoms in total. The van der Waals surface area contributed by atoms with Crippen molar-refractivity contribution in [2.24, 2.45) is 0 Å². The van der Waals surface area contributed by atoms with Gasteiger partial charge in [-0.2, -0.15) is 0 Å². The molecule has 0 aliphatic rings. The third-order valence-electron chi connectivity index (χ3n) is 4.63. The maximum Gasteiger partial charge on any atom is 0.322 e. The Morgan fingerprint density at radius 1 is 1.17 bits per heavy atom. The lowest BCUT2D eigenvalue weighted by molar-refractivity contribution is 0.185. The molecule has 158 valence electrons. The highest BCUT2D eigenvalue weighted by molar-refractivity contribution is 5.89. The third kappa shape index (κ3) is 5.18. The van der Waals surface area contributed by atoms with Crippen molar-refractivity contribution >= 4 is 22.7 Å². The Bertz CT molecular complexity index is 1030. The number of rotatable bonds is 9. The molecule has 0 radical (unpaired) electrons. The SMILES string of the molecule is CCCCOc1cccc2occ(CN(CCO)C(=O)Nc3ccccc3)c(=O)c12. The average molecular weight is 410 g/mol. The molecule has 3 aromatic rings. The van der Waals surface area contributed by atoms with Crippen LogP contribution in [-0.2, 0) is 6.54 Å². The van der Waals surface area contributed by atoms with Crippen LogP contribution in [-0.4, -0.2) is 35.8 Å². The van der Waals surface area contributed by atoms with E-state index in [2.05, 4.69) is 12.2 Å². The van der Waals surface area contributed by atoms with E-state index in [4.69, 9.17) is 9.15 Å². The van der Waals surface area contributed by atoms with Crippen LogP contribution in [0.25, 0.3) is 11.0 Å². The van der Waals surface area contributed by atoms with Gasteiger partial charge in [-0.15, -0.1) is 0 Å². The van der Waals surface area contributed by atoms with Crippen LogP contribution in [0.2, 0.25) is 0 Å². The van der Waals surface area contributed by atoms with Gasteiger partial charge in [0.1, 0.15) is 16.7 Å². The van der Waals surface area contributed by atoms with Crippen molar-refractivity contribution in [3.8, 4) is 5.75 Å². The number of urea groups is 1. The fourth-order valence-corrected chi connectivity index (χ4v) is 3.04. The van der Waals surface area contributed by atoms with Gasteiger partial charge in [0.2, 0.25) is 5.43 Å². The Kier molecular flexibility index (Phi) is 7.45. The lowest BCUT2D eigenvalue weighted by Gasteiger charge is -2.22. The van der Waals surface area contributed by atoms with Crippen LogP contribution < -0.4 is 15.5 Å². The van der Waals surface area contributed by atoms with Crippen molar-refractivity contribution in [1.29, 1.82) is 0 Å². The second-order valence-corrected chi connectivity index (χ2v) is 6.86. The minimum Gasteiger partial charge on any atom is -0.493 e. The van der Waals surface area contributed by atoms with Crippen LogP contribution >= 0.6 is 0 Å². The summed E-state index contributed by atoms with van der Waals surface area (Å²) in [5, 5.41) is 12.5. The third-order valence-corrected chi connectivity index (χ3v) is 4.63. The summed E-state index contributed by atoms with van der Waals surface area (Å²) in [5.74, 6) is 0.471. The van der Waals surface area contributed by atoms with Crippen molar-refractivity contribution in [2.45, 2.75) is 26.3 Å². The van der Waals surface area contributed by atoms with Gasteiger partial charge >= 0.3 is 6.03 Å². The van der Waals surface area contributed by atoms with E-state index in [1.807, 2.05) is 18.2 Å². The lowest BCUT2D eigenvalue weighted by atomic mass is 10.1. The van der Waals surface area contributed by atoms with Gasteiger partial charge in [-0.3, -0.25) is 4.79 Å². The van der Waals surface area contributed by atoms with Gasteiger partial charge in [0.15, 0.2) is 0 Å². The van der Waals surface area contributed by atoms with Crippen LogP contribution in [0, 0.1) is 0 Å². The van der Waals surface area contributed by atoms with Crippen molar-refractivity contribution in [3.63, 3.8) is 0 Å². The normalized spacial score (nSPS) is 10.7. The molecule has 1 aromatic heterocycles. The topological polar surface area (TPSA) is 92.0 Å². The van der Waals surface area contributed by atoms with E-state index in [0.717, 1.165) is 12.8 Å². The average Bonchev–Trinajstić information content (AvgIpc) is 2.76. The van der Waals surface area contributed by atoms with E-state index in [-0.39, 0.29) is 25.1 Å². The molecule has 2 aromatic carbocycles. The second kappa shape index (κ2) is 10.5. The molecule has 3 rings (SSSR count). The van der Waals surface area contributed by atoms with E-state index in [0.29, 0.717) is 34.6 Å². The van der Waals surface area contributed by atoms with Gasteiger partial charge < -0.3 is 24.5 Å². The molecule has 0 unspecified atom stereocenters. The number of aliphatic hydroxyl groups is 1. The Morgan fingerprint density at radius 2 is 1.97 bits per heavy atom. The zero-order valence-corrected chi connectivity index (χ0v) is 17.0. The number of anilines is 1. The van der Waals surface area contributed by atoms with E-state index < -0.39 is 6.03 Å². The molecule has 0 aliphatic carbocycles. The summed E-state index contributed by atoms with van der Waals surface area (Å²) in [6, 6.07) is 13.8. The number of carbonyl (C=O) groups is 1. The molecule has 0 aliphatic heterocycles. The Hall–Kier alpha value is -3.32. The number of hydrogen-bond acceptors (Lipinski definition) is 5. The highest BCUT2D eigenvalue weighted by Gasteiger charge is 2.18.